The van der Waals surface area contributed by atoms with Gasteiger partial charge in [-0.2, -0.15) is 0 Å². The van der Waals surface area contributed by atoms with Crippen LogP contribution in [0.4, 0.5) is 10.1 Å². The van der Waals surface area contributed by atoms with Crippen molar-refractivity contribution < 1.29 is 22.3 Å². The topological polar surface area (TPSA) is 94.5 Å². The molecule has 1 aromatic heterocycles. The van der Waals surface area contributed by atoms with E-state index in [0.717, 1.165) is 30.3 Å². The average Bonchev–Trinajstić information content (AvgIpc) is 2.86. The van der Waals surface area contributed by atoms with Gasteiger partial charge in [0, 0.05) is 17.3 Å². The van der Waals surface area contributed by atoms with Crippen LogP contribution < -0.4 is 15.5 Å². The lowest BCUT2D eigenvalue weighted by Crippen LogP contribution is -2.24. The summed E-state index contributed by atoms with van der Waals surface area (Å²) in [6.45, 7) is 1.73. The first-order valence-corrected chi connectivity index (χ1v) is 12.3. The van der Waals surface area contributed by atoms with Crippen molar-refractivity contribution in [2.45, 2.75) is 29.7 Å². The number of nitrogens with one attached hydrogen (secondary N) is 1. The van der Waals surface area contributed by atoms with Crippen molar-refractivity contribution in [1.29, 1.82) is 0 Å². The predicted molar refractivity (Wildman–Crippen MR) is 131 cm³/mol. The first kappa shape index (κ1) is 24.2. The summed E-state index contributed by atoms with van der Waals surface area (Å²) in [6.07, 6.45) is 1.99. The maximum atomic E-state index is 14.0. The Bertz CT molecular complexity index is 1560. The molecule has 4 aromatic rings. The normalized spacial score (nSPS) is 11.4. The van der Waals surface area contributed by atoms with Gasteiger partial charge in [0.15, 0.2) is 0 Å². The number of carbonyl (C=O) groups is 1. The summed E-state index contributed by atoms with van der Waals surface area (Å²) in [5, 5.41) is 2.62. The molecule has 0 bridgehead atoms. The third-order valence-electron chi connectivity index (χ3n) is 5.63. The van der Waals surface area contributed by atoms with Crippen LogP contribution in [-0.4, -0.2) is 26.0 Å². The van der Waals surface area contributed by atoms with Crippen molar-refractivity contribution >= 4 is 32.3 Å². The van der Waals surface area contributed by atoms with Crippen LogP contribution >= 0.6 is 0 Å². The number of ether oxygens (including phenoxy) is 1. The summed E-state index contributed by atoms with van der Waals surface area (Å²) in [5.41, 5.74) is 1.09. The summed E-state index contributed by atoms with van der Waals surface area (Å²) in [6, 6.07) is 16.4. The zero-order valence-corrected chi connectivity index (χ0v) is 19.9. The number of fused-ring (bicyclic) bond motifs is 1. The molecule has 0 atom stereocenters. The van der Waals surface area contributed by atoms with E-state index < -0.39 is 31.9 Å². The van der Waals surface area contributed by atoms with E-state index in [-0.39, 0.29) is 22.3 Å². The van der Waals surface area contributed by atoms with E-state index in [1.165, 1.54) is 42.0 Å². The summed E-state index contributed by atoms with van der Waals surface area (Å²) in [7, 11) is -2.82. The van der Waals surface area contributed by atoms with Crippen LogP contribution in [0.2, 0.25) is 0 Å². The average molecular weight is 495 g/mol. The number of nitrogens with zero attached hydrogens (tertiary/aromatic N) is 1. The molecule has 3 aromatic carbocycles. The van der Waals surface area contributed by atoms with E-state index in [1.807, 2.05) is 19.1 Å². The molecule has 0 saturated heterocycles. The lowest BCUT2D eigenvalue weighted by atomic mass is 10.1. The quantitative estimate of drug-likeness (QED) is 0.416. The molecule has 9 heteroatoms. The maximum absolute atomic E-state index is 14.0. The number of halogens is 1. The lowest BCUT2D eigenvalue weighted by molar-refractivity contribution is -0.116. The highest BCUT2D eigenvalue weighted by atomic mass is 32.2. The number of hydrogen-bond acceptors (Lipinski definition) is 5. The number of sulfone groups is 1. The first-order valence-electron chi connectivity index (χ1n) is 10.8. The Hall–Kier alpha value is -3.98. The van der Waals surface area contributed by atoms with Gasteiger partial charge < -0.3 is 14.6 Å². The van der Waals surface area contributed by atoms with Crippen molar-refractivity contribution in [3.63, 3.8) is 0 Å². The molecule has 0 unspecified atom stereocenters. The third kappa shape index (κ3) is 4.95. The molecule has 0 aliphatic rings. The molecule has 1 heterocycles. The van der Waals surface area contributed by atoms with E-state index in [2.05, 4.69) is 5.32 Å². The summed E-state index contributed by atoms with van der Waals surface area (Å²) in [4.78, 5) is 25.2. The number of aryl methyl sites for hydroxylation is 1. The standard InChI is InChI=1S/C26H23FN2O5S/c1-3-17-4-7-19(8-5-17)28-25(30)16-29-15-24(26(31)22-14-18(27)6-13-23(22)29)35(32,33)21-11-9-20(34-2)10-12-21/h4-15H,3,16H2,1-2H3,(H,28,30). The molecule has 0 aliphatic carbocycles. The van der Waals surface area contributed by atoms with Gasteiger partial charge in [-0.15, -0.1) is 0 Å². The molecule has 1 amide bonds. The highest BCUT2D eigenvalue weighted by molar-refractivity contribution is 7.91. The smallest absolute Gasteiger partial charge is 0.244 e. The maximum Gasteiger partial charge on any atom is 0.244 e. The highest BCUT2D eigenvalue weighted by Gasteiger charge is 2.24. The second-order valence-corrected chi connectivity index (χ2v) is 9.81. The Kier molecular flexibility index (Phi) is 6.70. The molecule has 0 fully saturated rings. The van der Waals surface area contributed by atoms with Crippen LogP contribution in [-0.2, 0) is 27.6 Å². The van der Waals surface area contributed by atoms with Crippen LogP contribution in [0.5, 0.6) is 5.75 Å². The first-order chi connectivity index (χ1) is 16.7. The number of pyridine rings is 1. The molecular weight excluding hydrogens is 471 g/mol. The Morgan fingerprint density at radius 3 is 2.34 bits per heavy atom. The SMILES string of the molecule is CCc1ccc(NC(=O)Cn2cc(S(=O)(=O)c3ccc(OC)cc3)c(=O)c3cc(F)ccc32)cc1. The van der Waals surface area contributed by atoms with Gasteiger partial charge in [0.1, 0.15) is 23.0 Å². The van der Waals surface area contributed by atoms with E-state index >= 15 is 0 Å². The number of anilines is 1. The van der Waals surface area contributed by atoms with Crippen LogP contribution in [0.15, 0.2) is 87.5 Å². The predicted octanol–water partition coefficient (Wildman–Crippen LogP) is 4.18. The second-order valence-electron chi connectivity index (χ2n) is 7.89. The minimum Gasteiger partial charge on any atom is -0.497 e. The fraction of sp³-hybridized carbons (Fsp3) is 0.154. The molecule has 4 rings (SSSR count). The largest absolute Gasteiger partial charge is 0.497 e. The van der Waals surface area contributed by atoms with Crippen molar-refractivity contribution in [1.82, 2.24) is 4.57 Å². The summed E-state index contributed by atoms with van der Waals surface area (Å²) < 4.78 is 47.0. The van der Waals surface area contributed by atoms with Gasteiger partial charge >= 0.3 is 0 Å². The number of benzene rings is 3. The van der Waals surface area contributed by atoms with Gasteiger partial charge in [-0.05, 0) is 66.6 Å². The number of aromatic nitrogens is 1. The third-order valence-corrected chi connectivity index (χ3v) is 7.39. The van der Waals surface area contributed by atoms with Crippen LogP contribution in [0, 0.1) is 5.82 Å². The van der Waals surface area contributed by atoms with Gasteiger partial charge in [0.05, 0.1) is 17.5 Å². The van der Waals surface area contributed by atoms with Gasteiger partial charge in [0.25, 0.3) is 0 Å². The number of carbonyl (C=O) groups excluding carboxylic acids is 1. The van der Waals surface area contributed by atoms with E-state index in [9.17, 15) is 22.4 Å². The molecule has 0 aliphatic heterocycles. The molecular formula is C26H23FN2O5S. The lowest BCUT2D eigenvalue weighted by Gasteiger charge is -2.14. The van der Waals surface area contributed by atoms with E-state index in [4.69, 9.17) is 4.74 Å². The van der Waals surface area contributed by atoms with Crippen molar-refractivity contribution in [3.8, 4) is 5.75 Å². The van der Waals surface area contributed by atoms with Crippen LogP contribution in [0.1, 0.15) is 12.5 Å². The molecule has 0 saturated carbocycles. The molecule has 0 radical (unpaired) electrons. The number of amides is 1. The van der Waals surface area contributed by atoms with Crippen molar-refractivity contribution in [2.24, 2.45) is 0 Å². The van der Waals surface area contributed by atoms with Crippen molar-refractivity contribution in [3.05, 3.63) is 94.5 Å². The summed E-state index contributed by atoms with van der Waals surface area (Å²) in [5.74, 6) is -0.678. The van der Waals surface area contributed by atoms with E-state index in [0.29, 0.717) is 11.4 Å². The zero-order chi connectivity index (χ0) is 25.2. The van der Waals surface area contributed by atoms with Gasteiger partial charge in [-0.25, -0.2) is 12.8 Å². The van der Waals surface area contributed by atoms with Crippen molar-refractivity contribution in [2.75, 3.05) is 12.4 Å². The zero-order valence-electron chi connectivity index (χ0n) is 19.1. The Morgan fingerprint density at radius 1 is 1.03 bits per heavy atom. The monoisotopic (exact) mass is 494 g/mol. The second kappa shape index (κ2) is 9.71. The number of hydrogen-bond donors (Lipinski definition) is 1. The Labute approximate surface area is 201 Å². The van der Waals surface area contributed by atoms with Gasteiger partial charge in [0.2, 0.25) is 21.2 Å². The molecule has 180 valence electrons. The van der Waals surface area contributed by atoms with Crippen LogP contribution in [0.3, 0.4) is 0 Å². The highest BCUT2D eigenvalue weighted by Crippen LogP contribution is 2.24. The van der Waals surface area contributed by atoms with Gasteiger partial charge in [-0.3, -0.25) is 9.59 Å². The summed E-state index contributed by atoms with van der Waals surface area (Å²) >= 11 is 0. The Balaban J connectivity index is 1.77. The number of rotatable bonds is 7. The Morgan fingerprint density at radius 2 is 1.71 bits per heavy atom. The minimum atomic E-state index is -4.27. The van der Waals surface area contributed by atoms with E-state index in [1.54, 1.807) is 12.1 Å². The molecule has 0 spiro atoms. The fourth-order valence-electron chi connectivity index (χ4n) is 3.73. The number of methoxy groups -OCH3 is 1. The minimum absolute atomic E-state index is 0.127. The fourth-order valence-corrected chi connectivity index (χ4v) is 5.09. The molecule has 1 N–H and O–H groups in total. The van der Waals surface area contributed by atoms with Gasteiger partial charge in [-0.1, -0.05) is 19.1 Å². The van der Waals surface area contributed by atoms with Crippen LogP contribution in [0.25, 0.3) is 10.9 Å². The molecule has 7 nitrogen and oxygen atoms in total. The molecule has 35 heavy (non-hydrogen) atoms.